The molecular formula is C10H15NO3. The van der Waals surface area contributed by atoms with Crippen molar-refractivity contribution in [2.24, 2.45) is 11.7 Å². The Bertz CT molecular complexity index is 242. The van der Waals surface area contributed by atoms with Gasteiger partial charge in [-0.1, -0.05) is 6.58 Å². The third-order valence-corrected chi connectivity index (χ3v) is 2.53. The molecular weight excluding hydrogens is 182 g/mol. The minimum atomic E-state index is -0.396. The fourth-order valence-corrected chi connectivity index (χ4v) is 1.68. The number of esters is 1. The Morgan fingerprint density at radius 3 is 2.29 bits per heavy atom. The van der Waals surface area contributed by atoms with Gasteiger partial charge in [0.05, 0.1) is 0 Å². The van der Waals surface area contributed by atoms with E-state index in [0.29, 0.717) is 25.7 Å². The highest BCUT2D eigenvalue weighted by Crippen LogP contribution is 2.25. The first-order valence-corrected chi connectivity index (χ1v) is 4.76. The minimum Gasteiger partial charge on any atom is -0.459 e. The molecule has 0 aromatic heterocycles. The van der Waals surface area contributed by atoms with E-state index < -0.39 is 5.97 Å². The standard InChI is InChI=1S/C10H15NO3/c1-2-9(12)14-8-5-3-7(4-6-8)10(11)13/h2,7-8H,1,3-6H2,(H2,11,13). The number of rotatable bonds is 3. The Kier molecular flexibility index (Phi) is 3.68. The summed E-state index contributed by atoms with van der Waals surface area (Å²) >= 11 is 0. The van der Waals surface area contributed by atoms with Crippen LogP contribution in [0.3, 0.4) is 0 Å². The first-order valence-electron chi connectivity index (χ1n) is 4.76. The van der Waals surface area contributed by atoms with Gasteiger partial charge in [0.1, 0.15) is 6.10 Å². The maximum absolute atomic E-state index is 10.9. The van der Waals surface area contributed by atoms with Crippen molar-refractivity contribution < 1.29 is 14.3 Å². The largest absolute Gasteiger partial charge is 0.459 e. The van der Waals surface area contributed by atoms with Gasteiger partial charge in [0.2, 0.25) is 5.91 Å². The maximum Gasteiger partial charge on any atom is 0.330 e. The quantitative estimate of drug-likeness (QED) is 0.536. The summed E-state index contributed by atoms with van der Waals surface area (Å²) in [5.74, 6) is -0.695. The summed E-state index contributed by atoms with van der Waals surface area (Å²) in [5.41, 5.74) is 5.18. The second-order valence-electron chi connectivity index (χ2n) is 3.52. The van der Waals surface area contributed by atoms with E-state index in [9.17, 15) is 9.59 Å². The number of hydrogen-bond acceptors (Lipinski definition) is 3. The van der Waals surface area contributed by atoms with Crippen molar-refractivity contribution in [2.75, 3.05) is 0 Å². The van der Waals surface area contributed by atoms with Crippen molar-refractivity contribution in [2.45, 2.75) is 31.8 Å². The van der Waals surface area contributed by atoms with E-state index in [1.54, 1.807) is 0 Å². The Morgan fingerprint density at radius 2 is 1.86 bits per heavy atom. The molecule has 4 heteroatoms. The highest BCUT2D eigenvalue weighted by atomic mass is 16.5. The zero-order chi connectivity index (χ0) is 10.6. The predicted octanol–water partition coefficient (Wildman–Crippen LogP) is 0.760. The average molecular weight is 197 g/mol. The number of amides is 1. The van der Waals surface area contributed by atoms with Crippen molar-refractivity contribution >= 4 is 11.9 Å². The summed E-state index contributed by atoms with van der Waals surface area (Å²) in [4.78, 5) is 21.7. The van der Waals surface area contributed by atoms with Crippen LogP contribution in [0.1, 0.15) is 25.7 Å². The van der Waals surface area contributed by atoms with E-state index >= 15 is 0 Å². The Balaban J connectivity index is 2.32. The maximum atomic E-state index is 10.9. The molecule has 0 aromatic carbocycles. The van der Waals surface area contributed by atoms with Gasteiger partial charge in [-0.2, -0.15) is 0 Å². The fourth-order valence-electron chi connectivity index (χ4n) is 1.68. The highest BCUT2D eigenvalue weighted by molar-refractivity contribution is 5.81. The molecule has 0 atom stereocenters. The number of carbonyl (C=O) groups is 2. The van der Waals surface area contributed by atoms with E-state index in [1.807, 2.05) is 0 Å². The SMILES string of the molecule is C=CC(=O)OC1CCC(C(N)=O)CC1. The van der Waals surface area contributed by atoms with Gasteiger partial charge < -0.3 is 10.5 Å². The summed E-state index contributed by atoms with van der Waals surface area (Å²) in [6.07, 6.45) is 3.94. The van der Waals surface area contributed by atoms with E-state index in [-0.39, 0.29) is 17.9 Å². The zero-order valence-corrected chi connectivity index (χ0v) is 8.07. The number of nitrogens with two attached hydrogens (primary N) is 1. The molecule has 78 valence electrons. The topological polar surface area (TPSA) is 69.4 Å². The first kappa shape index (κ1) is 10.8. The van der Waals surface area contributed by atoms with Crippen LogP contribution in [-0.2, 0) is 14.3 Å². The lowest BCUT2D eigenvalue weighted by molar-refractivity contribution is -0.145. The molecule has 1 rings (SSSR count). The second-order valence-corrected chi connectivity index (χ2v) is 3.52. The molecule has 0 heterocycles. The first-order chi connectivity index (χ1) is 6.63. The van der Waals surface area contributed by atoms with Crippen LogP contribution in [-0.4, -0.2) is 18.0 Å². The van der Waals surface area contributed by atoms with Gasteiger partial charge in [-0.15, -0.1) is 0 Å². The third kappa shape index (κ3) is 2.87. The van der Waals surface area contributed by atoms with E-state index in [1.165, 1.54) is 0 Å². The molecule has 0 spiro atoms. The van der Waals surface area contributed by atoms with Gasteiger partial charge in [-0.25, -0.2) is 4.79 Å². The van der Waals surface area contributed by atoms with Crippen LogP contribution >= 0.6 is 0 Å². The molecule has 0 radical (unpaired) electrons. The van der Waals surface area contributed by atoms with Gasteiger partial charge in [0.15, 0.2) is 0 Å². The van der Waals surface area contributed by atoms with Crippen molar-refractivity contribution in [1.29, 1.82) is 0 Å². The van der Waals surface area contributed by atoms with Gasteiger partial charge >= 0.3 is 5.97 Å². The fraction of sp³-hybridized carbons (Fsp3) is 0.600. The lowest BCUT2D eigenvalue weighted by Gasteiger charge is -2.25. The van der Waals surface area contributed by atoms with Crippen molar-refractivity contribution in [3.63, 3.8) is 0 Å². The van der Waals surface area contributed by atoms with Crippen molar-refractivity contribution in [1.82, 2.24) is 0 Å². The van der Waals surface area contributed by atoms with Crippen LogP contribution in [0.4, 0.5) is 0 Å². The number of hydrogen-bond donors (Lipinski definition) is 1. The number of carbonyl (C=O) groups excluding carboxylic acids is 2. The third-order valence-electron chi connectivity index (χ3n) is 2.53. The minimum absolute atomic E-state index is 0.0475. The van der Waals surface area contributed by atoms with Crippen LogP contribution in [0.2, 0.25) is 0 Å². The van der Waals surface area contributed by atoms with Crippen LogP contribution in [0.15, 0.2) is 12.7 Å². The van der Waals surface area contributed by atoms with E-state index in [0.717, 1.165) is 6.08 Å². The van der Waals surface area contributed by atoms with Gasteiger partial charge in [-0.3, -0.25) is 4.79 Å². The van der Waals surface area contributed by atoms with Gasteiger partial charge in [-0.05, 0) is 25.7 Å². The molecule has 1 amide bonds. The van der Waals surface area contributed by atoms with Gasteiger partial charge in [0.25, 0.3) is 0 Å². The molecule has 0 unspecified atom stereocenters. The summed E-state index contributed by atoms with van der Waals surface area (Å²) < 4.78 is 5.06. The van der Waals surface area contributed by atoms with Crippen LogP contribution in [0, 0.1) is 5.92 Å². The van der Waals surface area contributed by atoms with Gasteiger partial charge in [0, 0.05) is 12.0 Å². The molecule has 2 N–H and O–H groups in total. The van der Waals surface area contributed by atoms with Crippen LogP contribution in [0.5, 0.6) is 0 Å². The van der Waals surface area contributed by atoms with Crippen molar-refractivity contribution in [3.05, 3.63) is 12.7 Å². The summed E-state index contributed by atoms with van der Waals surface area (Å²) in [6, 6.07) is 0. The molecule has 1 fully saturated rings. The molecule has 0 bridgehead atoms. The summed E-state index contributed by atoms with van der Waals surface area (Å²) in [7, 11) is 0. The monoisotopic (exact) mass is 197 g/mol. The van der Waals surface area contributed by atoms with Crippen LogP contribution in [0.25, 0.3) is 0 Å². The summed E-state index contributed by atoms with van der Waals surface area (Å²) in [6.45, 7) is 3.32. The molecule has 1 saturated carbocycles. The Morgan fingerprint density at radius 1 is 1.29 bits per heavy atom. The molecule has 1 aliphatic carbocycles. The molecule has 14 heavy (non-hydrogen) atoms. The molecule has 0 aromatic rings. The van der Waals surface area contributed by atoms with E-state index in [2.05, 4.69) is 6.58 Å². The second kappa shape index (κ2) is 4.79. The zero-order valence-electron chi connectivity index (χ0n) is 8.07. The predicted molar refractivity (Wildman–Crippen MR) is 51.2 cm³/mol. The molecule has 1 aliphatic rings. The van der Waals surface area contributed by atoms with E-state index in [4.69, 9.17) is 10.5 Å². The normalized spacial score (nSPS) is 26.6. The summed E-state index contributed by atoms with van der Waals surface area (Å²) in [5, 5.41) is 0. The lowest BCUT2D eigenvalue weighted by Crippen LogP contribution is -2.31. The highest BCUT2D eigenvalue weighted by Gasteiger charge is 2.26. The average Bonchev–Trinajstić information content (AvgIpc) is 2.18. The Hall–Kier alpha value is -1.32. The number of primary amides is 1. The lowest BCUT2D eigenvalue weighted by atomic mass is 9.87. The molecule has 4 nitrogen and oxygen atoms in total. The molecule has 0 saturated heterocycles. The number of ether oxygens (including phenoxy) is 1. The Labute approximate surface area is 83.1 Å². The molecule has 0 aliphatic heterocycles. The smallest absolute Gasteiger partial charge is 0.330 e. The van der Waals surface area contributed by atoms with Crippen LogP contribution < -0.4 is 5.73 Å². The van der Waals surface area contributed by atoms with Crippen molar-refractivity contribution in [3.8, 4) is 0 Å².